The minimum Gasteiger partial charge on any atom is -0.733 e. The zero-order valence-corrected chi connectivity index (χ0v) is 17.6. The predicted molar refractivity (Wildman–Crippen MR) is 118 cm³/mol. The first-order valence-corrected chi connectivity index (χ1v) is 9.87. The van der Waals surface area contributed by atoms with Gasteiger partial charge in [0.2, 0.25) is 11.2 Å². The van der Waals surface area contributed by atoms with Gasteiger partial charge in [-0.3, -0.25) is 10.0 Å². The molecule has 4 rings (SSSR count). The van der Waals surface area contributed by atoms with Crippen LogP contribution in [0.5, 0.6) is 11.5 Å². The third-order valence-corrected chi connectivity index (χ3v) is 5.06. The van der Waals surface area contributed by atoms with Crippen molar-refractivity contribution in [3.63, 3.8) is 0 Å². The number of benzene rings is 3. The molecule has 7 nitrogen and oxygen atoms in total. The summed E-state index contributed by atoms with van der Waals surface area (Å²) in [5, 5.41) is 19.4. The molecule has 0 atom stereocenters. The van der Waals surface area contributed by atoms with Crippen molar-refractivity contribution in [1.29, 1.82) is 0 Å². The van der Waals surface area contributed by atoms with E-state index in [0.717, 1.165) is 0 Å². The van der Waals surface area contributed by atoms with Crippen molar-refractivity contribution < 1.29 is 32.3 Å². The Morgan fingerprint density at radius 1 is 1.00 bits per heavy atom. The third-order valence-electron chi connectivity index (χ3n) is 5.06. The van der Waals surface area contributed by atoms with E-state index in [-0.39, 0.29) is 39.8 Å². The Kier molecular flexibility index (Phi) is 6.18. The number of hydrogen-bond acceptors (Lipinski definition) is 7. The van der Waals surface area contributed by atoms with Gasteiger partial charge in [0.25, 0.3) is 0 Å². The number of hydrogen-bond donors (Lipinski definition) is 1. The molecule has 34 heavy (non-hydrogen) atoms. The highest BCUT2D eigenvalue weighted by Crippen LogP contribution is 2.38. The molecule has 176 valence electrons. The quantitative estimate of drug-likeness (QED) is 0.357. The first-order chi connectivity index (χ1) is 16.2. The molecule has 0 saturated heterocycles. The average molecular weight is 472 g/mol. The van der Waals surface area contributed by atoms with Crippen molar-refractivity contribution in [3.8, 4) is 22.6 Å². The van der Waals surface area contributed by atoms with Crippen LogP contribution in [0, 0.1) is 5.21 Å². The Labute approximate surface area is 190 Å². The van der Waals surface area contributed by atoms with Crippen molar-refractivity contribution in [3.05, 3.63) is 93.5 Å². The molecule has 0 unspecified atom stereocenters. The van der Waals surface area contributed by atoms with Crippen LogP contribution in [0.4, 0.5) is 18.9 Å². The second-order valence-electron chi connectivity index (χ2n) is 7.25. The molecule has 10 heteroatoms. The Morgan fingerprint density at radius 2 is 1.65 bits per heavy atom. The van der Waals surface area contributed by atoms with Crippen LogP contribution in [0.15, 0.2) is 75.9 Å². The van der Waals surface area contributed by atoms with E-state index in [2.05, 4.69) is 0 Å². The molecule has 1 N–H and O–H groups in total. The number of ether oxygens (including phenoxy) is 2. The molecule has 0 spiro atoms. The van der Waals surface area contributed by atoms with Crippen LogP contribution in [-0.2, 0) is 12.8 Å². The first-order valence-electron chi connectivity index (χ1n) is 9.87. The number of nitrogens with zero attached hydrogens (tertiary/aromatic N) is 1. The molecule has 0 radical (unpaired) electrons. The Morgan fingerprint density at radius 3 is 2.24 bits per heavy atom. The number of fused-ring (bicyclic) bond motifs is 1. The number of methoxy groups -OCH3 is 1. The summed E-state index contributed by atoms with van der Waals surface area (Å²) in [6.45, 7) is 0.0242. The van der Waals surface area contributed by atoms with Crippen molar-refractivity contribution in [2.75, 3.05) is 12.3 Å². The van der Waals surface area contributed by atoms with Crippen LogP contribution in [0.3, 0.4) is 0 Å². The van der Waals surface area contributed by atoms with Gasteiger partial charge in [-0.15, -0.1) is 0 Å². The van der Waals surface area contributed by atoms with Crippen molar-refractivity contribution in [2.24, 2.45) is 0 Å². The predicted octanol–water partition coefficient (Wildman–Crippen LogP) is 5.76. The summed E-state index contributed by atoms with van der Waals surface area (Å²) in [5.41, 5.74) is -0.974. The van der Waals surface area contributed by atoms with Gasteiger partial charge < -0.3 is 24.3 Å². The van der Waals surface area contributed by atoms with E-state index < -0.39 is 22.9 Å². The maximum atomic E-state index is 13.8. The third kappa shape index (κ3) is 4.68. The topological polar surface area (TPSA) is 95.2 Å². The number of rotatable bonds is 6. The molecule has 3 aromatic carbocycles. The molecule has 0 aliphatic heterocycles. The van der Waals surface area contributed by atoms with E-state index in [1.54, 1.807) is 12.1 Å². The van der Waals surface area contributed by atoms with Gasteiger partial charge in [-0.1, -0.05) is 24.3 Å². The molecule has 1 heterocycles. The molecule has 0 amide bonds. The number of alkyl halides is 3. The minimum atomic E-state index is -4.91. The van der Waals surface area contributed by atoms with Gasteiger partial charge in [-0.25, -0.2) is 0 Å². The fourth-order valence-electron chi connectivity index (χ4n) is 3.37. The second-order valence-corrected chi connectivity index (χ2v) is 7.25. The van der Waals surface area contributed by atoms with E-state index in [1.807, 2.05) is 0 Å². The second kappa shape index (κ2) is 9.08. The normalized spacial score (nSPS) is 11.5. The van der Waals surface area contributed by atoms with Crippen molar-refractivity contribution in [1.82, 2.24) is 0 Å². The fraction of sp³-hybridized carbons (Fsp3) is 0.125. The van der Waals surface area contributed by atoms with Crippen LogP contribution in [0.25, 0.3) is 22.1 Å². The largest absolute Gasteiger partial charge is 0.733 e. The summed E-state index contributed by atoms with van der Waals surface area (Å²) in [7, 11) is 1.42. The zero-order chi connectivity index (χ0) is 24.5. The molecular formula is C24H17F3NO6-. The van der Waals surface area contributed by atoms with Gasteiger partial charge >= 0.3 is 6.18 Å². The maximum Gasteiger partial charge on any atom is 0.450 e. The van der Waals surface area contributed by atoms with E-state index in [4.69, 9.17) is 19.1 Å². The van der Waals surface area contributed by atoms with Gasteiger partial charge in [0.15, 0.2) is 0 Å². The van der Waals surface area contributed by atoms with Gasteiger partial charge in [0.1, 0.15) is 23.7 Å². The minimum absolute atomic E-state index is 0.0242. The molecule has 0 aliphatic carbocycles. The average Bonchev–Trinajstić information content (AvgIpc) is 2.82. The first kappa shape index (κ1) is 23.1. The highest BCUT2D eigenvalue weighted by Gasteiger charge is 2.39. The fourth-order valence-corrected chi connectivity index (χ4v) is 3.37. The Balaban J connectivity index is 1.70. The molecule has 4 aromatic rings. The summed E-state index contributed by atoms with van der Waals surface area (Å²) < 4.78 is 57.2. The summed E-state index contributed by atoms with van der Waals surface area (Å²) in [4.78, 5) is 13.0. The molecular weight excluding hydrogens is 455 g/mol. The lowest BCUT2D eigenvalue weighted by Gasteiger charge is -2.21. The highest BCUT2D eigenvalue weighted by atomic mass is 19.4. The van der Waals surface area contributed by atoms with Crippen molar-refractivity contribution >= 4 is 16.7 Å². The molecule has 0 saturated carbocycles. The SMILES string of the molecule is COc1ccc(-c2c(C(F)(F)F)oc3cc(OCc4ccc(N([O-])O)cc4)ccc3c2=O)cc1. The van der Waals surface area contributed by atoms with Crippen LogP contribution in [-0.4, -0.2) is 12.3 Å². The molecule has 0 aliphatic rings. The number of halogens is 3. The van der Waals surface area contributed by atoms with E-state index in [1.165, 1.54) is 61.7 Å². The van der Waals surface area contributed by atoms with Crippen LogP contribution < -0.4 is 20.1 Å². The van der Waals surface area contributed by atoms with Crippen LogP contribution in [0.1, 0.15) is 11.3 Å². The van der Waals surface area contributed by atoms with Gasteiger partial charge in [0.05, 0.1) is 23.7 Å². The van der Waals surface area contributed by atoms with E-state index in [9.17, 15) is 23.2 Å². The molecule has 1 aromatic heterocycles. The summed E-state index contributed by atoms with van der Waals surface area (Å²) in [5.74, 6) is -0.799. The smallest absolute Gasteiger partial charge is 0.450 e. The van der Waals surface area contributed by atoms with Gasteiger partial charge in [-0.05, 0) is 47.5 Å². The monoisotopic (exact) mass is 472 g/mol. The summed E-state index contributed by atoms with van der Waals surface area (Å²) in [6, 6.07) is 15.5. The lowest BCUT2D eigenvalue weighted by atomic mass is 10.0. The highest BCUT2D eigenvalue weighted by molar-refractivity contribution is 5.84. The molecule has 0 bridgehead atoms. The molecule has 0 fully saturated rings. The van der Waals surface area contributed by atoms with Crippen LogP contribution >= 0.6 is 0 Å². The zero-order valence-electron chi connectivity index (χ0n) is 17.6. The summed E-state index contributed by atoms with van der Waals surface area (Å²) in [6.07, 6.45) is -4.91. The van der Waals surface area contributed by atoms with Crippen molar-refractivity contribution in [2.45, 2.75) is 12.8 Å². The standard InChI is InChI=1S/C24H17F3NO6/c1-32-17-8-4-15(5-9-17)21-22(29)19-11-10-18(12-20(19)34-23(21)24(25,26)27)33-13-14-2-6-16(7-3-14)28(30)31/h2-12,30H,13H2,1H3/q-1. The maximum absolute atomic E-state index is 13.8. The van der Waals surface area contributed by atoms with E-state index >= 15 is 0 Å². The summed E-state index contributed by atoms with van der Waals surface area (Å²) >= 11 is 0. The van der Waals surface area contributed by atoms with Crippen LogP contribution in [0.2, 0.25) is 0 Å². The Bertz CT molecular complexity index is 1360. The Hall–Kier alpha value is -4.02. The van der Waals surface area contributed by atoms with Gasteiger partial charge in [-0.2, -0.15) is 13.2 Å². The number of anilines is 1. The van der Waals surface area contributed by atoms with Gasteiger partial charge in [0, 0.05) is 6.07 Å². The van der Waals surface area contributed by atoms with E-state index in [0.29, 0.717) is 11.3 Å². The lowest BCUT2D eigenvalue weighted by molar-refractivity contribution is -0.152. The lowest BCUT2D eigenvalue weighted by Crippen LogP contribution is -2.16.